The standard InChI is InChI=1S/C18H15NO3/c20-14-9-10-5-1-4-8-13(10)19-16(14)15-17(21)11-6-2-3-7-12(11)18(15)22/h1-8,14-16,19-20H,9H2. The van der Waals surface area contributed by atoms with Crippen molar-refractivity contribution in [1.82, 2.24) is 0 Å². The summed E-state index contributed by atoms with van der Waals surface area (Å²) in [6, 6.07) is 13.9. The summed E-state index contributed by atoms with van der Waals surface area (Å²) >= 11 is 0. The molecule has 2 N–H and O–H groups in total. The van der Waals surface area contributed by atoms with Gasteiger partial charge in [-0.1, -0.05) is 42.5 Å². The number of hydrogen-bond donors (Lipinski definition) is 2. The number of ketones is 2. The van der Waals surface area contributed by atoms with E-state index in [0.29, 0.717) is 17.5 Å². The van der Waals surface area contributed by atoms with Crippen LogP contribution < -0.4 is 5.32 Å². The maximum atomic E-state index is 12.6. The number of rotatable bonds is 1. The van der Waals surface area contributed by atoms with Crippen LogP contribution in [0.3, 0.4) is 0 Å². The number of hydrogen-bond acceptors (Lipinski definition) is 4. The van der Waals surface area contributed by atoms with Crippen LogP contribution in [-0.2, 0) is 6.42 Å². The molecule has 2 aliphatic rings. The number of aliphatic hydroxyl groups is 1. The zero-order chi connectivity index (χ0) is 15.3. The average Bonchev–Trinajstić information content (AvgIpc) is 2.79. The molecule has 0 saturated heterocycles. The van der Waals surface area contributed by atoms with E-state index in [0.717, 1.165) is 11.3 Å². The van der Waals surface area contributed by atoms with Gasteiger partial charge < -0.3 is 10.4 Å². The highest BCUT2D eigenvalue weighted by Gasteiger charge is 2.46. The van der Waals surface area contributed by atoms with Gasteiger partial charge in [0.15, 0.2) is 11.6 Å². The second-order valence-electron chi connectivity index (χ2n) is 5.85. The molecule has 2 unspecified atom stereocenters. The van der Waals surface area contributed by atoms with Crippen LogP contribution >= 0.6 is 0 Å². The normalized spacial score (nSPS) is 23.9. The van der Waals surface area contributed by atoms with Gasteiger partial charge in [0.1, 0.15) is 5.92 Å². The van der Waals surface area contributed by atoms with Crippen molar-refractivity contribution in [2.45, 2.75) is 18.6 Å². The third-order valence-electron chi connectivity index (χ3n) is 4.57. The summed E-state index contributed by atoms with van der Waals surface area (Å²) in [6.45, 7) is 0. The molecular formula is C18H15NO3. The minimum atomic E-state index is -0.847. The van der Waals surface area contributed by atoms with Gasteiger partial charge in [0, 0.05) is 23.2 Å². The second-order valence-corrected chi connectivity index (χ2v) is 5.85. The second kappa shape index (κ2) is 4.78. The van der Waals surface area contributed by atoms with Crippen LogP contribution in [-0.4, -0.2) is 28.8 Å². The van der Waals surface area contributed by atoms with Crippen LogP contribution in [0.25, 0.3) is 0 Å². The first-order chi connectivity index (χ1) is 10.7. The van der Waals surface area contributed by atoms with Gasteiger partial charge in [-0.3, -0.25) is 9.59 Å². The van der Waals surface area contributed by atoms with Gasteiger partial charge in [0.25, 0.3) is 0 Å². The summed E-state index contributed by atoms with van der Waals surface area (Å²) in [7, 11) is 0. The number of anilines is 1. The van der Waals surface area contributed by atoms with E-state index in [4.69, 9.17) is 0 Å². The molecule has 0 spiro atoms. The zero-order valence-corrected chi connectivity index (χ0v) is 11.8. The van der Waals surface area contributed by atoms with Crippen LogP contribution in [0.4, 0.5) is 5.69 Å². The van der Waals surface area contributed by atoms with E-state index in [1.807, 2.05) is 24.3 Å². The maximum absolute atomic E-state index is 12.6. The van der Waals surface area contributed by atoms with E-state index in [9.17, 15) is 14.7 Å². The number of para-hydroxylation sites is 1. The van der Waals surface area contributed by atoms with Crippen molar-refractivity contribution >= 4 is 17.3 Å². The summed E-state index contributed by atoms with van der Waals surface area (Å²) in [4.78, 5) is 25.2. The molecule has 22 heavy (non-hydrogen) atoms. The molecule has 2 atom stereocenters. The fourth-order valence-electron chi connectivity index (χ4n) is 3.47. The number of benzene rings is 2. The Morgan fingerprint density at radius 3 is 2.18 bits per heavy atom. The van der Waals surface area contributed by atoms with Crippen molar-refractivity contribution in [3.63, 3.8) is 0 Å². The number of Topliss-reactive ketones (excluding diaryl/α,β-unsaturated/α-hetero) is 2. The van der Waals surface area contributed by atoms with Crippen LogP contribution in [0.1, 0.15) is 26.3 Å². The highest BCUT2D eigenvalue weighted by atomic mass is 16.3. The lowest BCUT2D eigenvalue weighted by Gasteiger charge is -2.34. The van der Waals surface area contributed by atoms with Crippen LogP contribution in [0.5, 0.6) is 0 Å². The number of aliphatic hydroxyl groups excluding tert-OH is 1. The number of fused-ring (bicyclic) bond motifs is 2. The Hall–Kier alpha value is -2.46. The molecule has 1 heterocycles. The van der Waals surface area contributed by atoms with Gasteiger partial charge in [0.05, 0.1) is 12.1 Å². The number of carbonyl (C=O) groups is 2. The molecule has 0 bridgehead atoms. The van der Waals surface area contributed by atoms with Crippen molar-refractivity contribution in [3.8, 4) is 0 Å². The Morgan fingerprint density at radius 2 is 1.50 bits per heavy atom. The van der Waals surface area contributed by atoms with E-state index in [1.54, 1.807) is 24.3 Å². The molecule has 4 nitrogen and oxygen atoms in total. The molecule has 0 aromatic heterocycles. The third kappa shape index (κ3) is 1.81. The molecule has 4 heteroatoms. The molecule has 0 amide bonds. The Kier molecular flexibility index (Phi) is 2.87. The summed E-state index contributed by atoms with van der Waals surface area (Å²) < 4.78 is 0. The fraction of sp³-hybridized carbons (Fsp3) is 0.222. The van der Waals surface area contributed by atoms with Crippen LogP contribution in [0.15, 0.2) is 48.5 Å². The molecule has 2 aromatic rings. The van der Waals surface area contributed by atoms with E-state index in [-0.39, 0.29) is 11.6 Å². The first-order valence-electron chi connectivity index (χ1n) is 7.37. The van der Waals surface area contributed by atoms with Gasteiger partial charge >= 0.3 is 0 Å². The van der Waals surface area contributed by atoms with Crippen molar-refractivity contribution in [1.29, 1.82) is 0 Å². The van der Waals surface area contributed by atoms with Gasteiger partial charge in [-0.05, 0) is 11.6 Å². The number of carbonyl (C=O) groups excluding carboxylic acids is 2. The van der Waals surface area contributed by atoms with Crippen molar-refractivity contribution < 1.29 is 14.7 Å². The lowest BCUT2D eigenvalue weighted by molar-refractivity contribution is 0.0707. The smallest absolute Gasteiger partial charge is 0.176 e. The first-order valence-corrected chi connectivity index (χ1v) is 7.37. The largest absolute Gasteiger partial charge is 0.391 e. The van der Waals surface area contributed by atoms with E-state index >= 15 is 0 Å². The topological polar surface area (TPSA) is 66.4 Å². The highest BCUT2D eigenvalue weighted by Crippen LogP contribution is 2.35. The zero-order valence-electron chi connectivity index (χ0n) is 11.8. The molecule has 2 aromatic carbocycles. The monoisotopic (exact) mass is 293 g/mol. The lowest BCUT2D eigenvalue weighted by Crippen LogP contribution is -2.48. The molecule has 0 saturated carbocycles. The molecule has 110 valence electrons. The van der Waals surface area contributed by atoms with E-state index in [2.05, 4.69) is 5.32 Å². The molecular weight excluding hydrogens is 278 g/mol. The summed E-state index contributed by atoms with van der Waals surface area (Å²) in [5, 5.41) is 13.6. The minimum Gasteiger partial charge on any atom is -0.391 e. The van der Waals surface area contributed by atoms with Crippen molar-refractivity contribution in [2.24, 2.45) is 5.92 Å². The molecule has 1 aliphatic carbocycles. The number of nitrogens with one attached hydrogen (secondary N) is 1. The van der Waals surface area contributed by atoms with Crippen LogP contribution in [0, 0.1) is 5.92 Å². The average molecular weight is 293 g/mol. The quantitative estimate of drug-likeness (QED) is 0.790. The Balaban J connectivity index is 1.72. The SMILES string of the molecule is O=C1c2ccccc2C(=O)C1C1Nc2ccccc2CC1O. The minimum absolute atomic E-state index is 0.198. The van der Waals surface area contributed by atoms with Gasteiger partial charge in [-0.25, -0.2) is 0 Å². The van der Waals surface area contributed by atoms with Gasteiger partial charge in [-0.2, -0.15) is 0 Å². The predicted molar refractivity (Wildman–Crippen MR) is 82.2 cm³/mol. The van der Waals surface area contributed by atoms with Crippen molar-refractivity contribution in [3.05, 3.63) is 65.2 Å². The Bertz CT molecular complexity index is 748. The van der Waals surface area contributed by atoms with Gasteiger partial charge in [0.2, 0.25) is 0 Å². The fourth-order valence-corrected chi connectivity index (χ4v) is 3.47. The predicted octanol–water partition coefficient (Wildman–Crippen LogP) is 2.08. The Morgan fingerprint density at radius 1 is 0.909 bits per heavy atom. The van der Waals surface area contributed by atoms with E-state index < -0.39 is 18.1 Å². The maximum Gasteiger partial charge on any atom is 0.176 e. The first kappa shape index (κ1) is 13.2. The van der Waals surface area contributed by atoms with Crippen molar-refractivity contribution in [2.75, 3.05) is 5.32 Å². The molecule has 0 radical (unpaired) electrons. The van der Waals surface area contributed by atoms with Crippen LogP contribution in [0.2, 0.25) is 0 Å². The molecule has 0 fully saturated rings. The summed E-state index contributed by atoms with van der Waals surface area (Å²) in [5.41, 5.74) is 2.81. The van der Waals surface area contributed by atoms with Gasteiger partial charge in [-0.15, -0.1) is 0 Å². The lowest BCUT2D eigenvalue weighted by atomic mass is 9.84. The van der Waals surface area contributed by atoms with E-state index in [1.165, 1.54) is 0 Å². The third-order valence-corrected chi connectivity index (χ3v) is 4.57. The summed E-state index contributed by atoms with van der Waals surface area (Å²) in [6.07, 6.45) is -0.316. The highest BCUT2D eigenvalue weighted by molar-refractivity contribution is 6.27. The summed E-state index contributed by atoms with van der Waals surface area (Å²) in [5.74, 6) is -1.24. The Labute approximate surface area is 127 Å². The molecule has 4 rings (SSSR count). The molecule has 1 aliphatic heterocycles.